The summed E-state index contributed by atoms with van der Waals surface area (Å²) < 4.78 is 51.2. The van der Waals surface area contributed by atoms with Crippen LogP contribution in [0.15, 0.2) is 60.8 Å². The zero-order valence-electron chi connectivity index (χ0n) is 12.4. The van der Waals surface area contributed by atoms with Crippen molar-refractivity contribution in [2.45, 2.75) is 5.75 Å². The molecule has 0 aliphatic carbocycles. The summed E-state index contributed by atoms with van der Waals surface area (Å²) in [5.74, 6) is -0.788. The van der Waals surface area contributed by atoms with Gasteiger partial charge in [0.2, 0.25) is 0 Å². The molecule has 1 heterocycles. The number of nitrogens with zero attached hydrogens (tertiary/aromatic N) is 2. The number of rotatable bonds is 5. The molecule has 0 radical (unpaired) electrons. The number of nitrogens with one attached hydrogen (secondary N) is 1. The molecule has 24 heavy (non-hydrogen) atoms. The first-order chi connectivity index (χ1) is 11.4. The van der Waals surface area contributed by atoms with Crippen LogP contribution in [-0.2, 0) is 15.8 Å². The molecule has 3 aromatic rings. The molecule has 8 heteroatoms. The van der Waals surface area contributed by atoms with Crippen LogP contribution in [0, 0.1) is 11.6 Å². The maximum absolute atomic E-state index is 12.9. The monoisotopic (exact) mass is 349 g/mol. The fraction of sp³-hybridized carbons (Fsp3) is 0.0625. The van der Waals surface area contributed by atoms with Crippen molar-refractivity contribution in [3.05, 3.63) is 78.0 Å². The van der Waals surface area contributed by atoms with Gasteiger partial charge >= 0.3 is 0 Å². The Bertz CT molecular complexity index is 936. The minimum absolute atomic E-state index is 0.301. The van der Waals surface area contributed by atoms with Crippen molar-refractivity contribution in [2.75, 3.05) is 5.32 Å². The van der Waals surface area contributed by atoms with Crippen LogP contribution >= 0.6 is 0 Å². The largest absolute Gasteiger partial charge is 0.339 e. The summed E-state index contributed by atoms with van der Waals surface area (Å²) in [6, 6.07) is 12.3. The second-order valence-electron chi connectivity index (χ2n) is 5.09. The van der Waals surface area contributed by atoms with Gasteiger partial charge in [0, 0.05) is 18.0 Å². The van der Waals surface area contributed by atoms with Gasteiger partial charge in [0.15, 0.2) is 5.82 Å². The first kappa shape index (κ1) is 16.1. The molecular formula is C16H13F2N3O2S. The van der Waals surface area contributed by atoms with Crippen molar-refractivity contribution in [3.8, 4) is 0 Å². The number of benzene rings is 2. The molecule has 2 aromatic carbocycles. The highest BCUT2D eigenvalue weighted by atomic mass is 32.2. The zero-order valence-corrected chi connectivity index (χ0v) is 13.2. The van der Waals surface area contributed by atoms with E-state index >= 15 is 0 Å². The summed E-state index contributed by atoms with van der Waals surface area (Å²) in [7, 11) is -3.72. The van der Waals surface area contributed by atoms with Gasteiger partial charge in [0.1, 0.15) is 11.6 Å². The molecule has 1 aromatic heterocycles. The molecule has 5 nitrogen and oxygen atoms in total. The van der Waals surface area contributed by atoms with Crippen molar-refractivity contribution in [3.63, 3.8) is 0 Å². The van der Waals surface area contributed by atoms with Crippen molar-refractivity contribution in [1.29, 1.82) is 0 Å². The van der Waals surface area contributed by atoms with Gasteiger partial charge in [-0.05, 0) is 42.0 Å². The quantitative estimate of drug-likeness (QED) is 0.768. The molecular weight excluding hydrogens is 336 g/mol. The van der Waals surface area contributed by atoms with Crippen LogP contribution in [0.2, 0.25) is 0 Å². The summed E-state index contributed by atoms with van der Waals surface area (Å²) in [4.78, 5) is 0. The van der Waals surface area contributed by atoms with Crippen molar-refractivity contribution in [1.82, 2.24) is 9.19 Å². The molecule has 0 unspecified atom stereocenters. The predicted molar refractivity (Wildman–Crippen MR) is 86.3 cm³/mol. The number of anilines is 2. The smallest absolute Gasteiger partial charge is 0.258 e. The van der Waals surface area contributed by atoms with E-state index in [1.54, 1.807) is 0 Å². The Morgan fingerprint density at radius 1 is 0.917 bits per heavy atom. The van der Waals surface area contributed by atoms with E-state index in [1.165, 1.54) is 60.8 Å². The molecule has 0 aliphatic rings. The van der Waals surface area contributed by atoms with E-state index in [0.29, 0.717) is 17.1 Å². The van der Waals surface area contributed by atoms with Crippen LogP contribution in [0.5, 0.6) is 0 Å². The highest BCUT2D eigenvalue weighted by Crippen LogP contribution is 2.16. The number of halogens is 2. The molecule has 0 spiro atoms. The van der Waals surface area contributed by atoms with E-state index < -0.39 is 15.8 Å². The third-order valence-electron chi connectivity index (χ3n) is 3.23. The van der Waals surface area contributed by atoms with Gasteiger partial charge in [-0.2, -0.15) is 4.09 Å². The minimum Gasteiger partial charge on any atom is -0.339 e. The fourth-order valence-electron chi connectivity index (χ4n) is 2.07. The topological polar surface area (TPSA) is 64.0 Å². The number of hydrogen-bond donors (Lipinski definition) is 1. The van der Waals surface area contributed by atoms with Gasteiger partial charge in [0.25, 0.3) is 10.0 Å². The van der Waals surface area contributed by atoms with Crippen molar-refractivity contribution < 1.29 is 17.2 Å². The van der Waals surface area contributed by atoms with Gasteiger partial charge in [0.05, 0.1) is 5.75 Å². The summed E-state index contributed by atoms with van der Waals surface area (Å²) in [6.45, 7) is 0. The first-order valence-corrected chi connectivity index (χ1v) is 8.59. The van der Waals surface area contributed by atoms with Gasteiger partial charge in [-0.3, -0.25) is 0 Å². The highest BCUT2D eigenvalue weighted by molar-refractivity contribution is 7.89. The molecule has 0 saturated heterocycles. The molecule has 0 atom stereocenters. The molecule has 1 N–H and O–H groups in total. The number of hydrogen-bond acceptors (Lipinski definition) is 4. The fourth-order valence-corrected chi connectivity index (χ4v) is 3.27. The van der Waals surface area contributed by atoms with Crippen LogP contribution in [0.3, 0.4) is 0 Å². The molecule has 124 valence electrons. The van der Waals surface area contributed by atoms with Crippen LogP contribution < -0.4 is 5.32 Å². The minimum atomic E-state index is -3.72. The van der Waals surface area contributed by atoms with Crippen LogP contribution in [0.25, 0.3) is 0 Å². The van der Waals surface area contributed by atoms with Gasteiger partial charge in [-0.15, -0.1) is 5.10 Å². The Morgan fingerprint density at radius 3 is 2.12 bits per heavy atom. The van der Waals surface area contributed by atoms with E-state index in [2.05, 4.69) is 10.4 Å². The summed E-state index contributed by atoms with van der Waals surface area (Å²) in [5.41, 5.74) is 1.04. The van der Waals surface area contributed by atoms with Crippen molar-refractivity contribution >= 4 is 21.5 Å². The van der Waals surface area contributed by atoms with Gasteiger partial charge in [-0.25, -0.2) is 17.2 Å². The third-order valence-corrected chi connectivity index (χ3v) is 4.70. The molecule has 0 bridgehead atoms. The van der Waals surface area contributed by atoms with Crippen LogP contribution in [-0.4, -0.2) is 17.6 Å². The van der Waals surface area contributed by atoms with E-state index in [9.17, 15) is 17.2 Å². The van der Waals surface area contributed by atoms with Crippen LogP contribution in [0.1, 0.15) is 5.56 Å². The lowest BCUT2D eigenvalue weighted by Crippen LogP contribution is -2.15. The zero-order chi connectivity index (χ0) is 17.2. The summed E-state index contributed by atoms with van der Waals surface area (Å²) >= 11 is 0. The summed E-state index contributed by atoms with van der Waals surface area (Å²) in [5, 5.41) is 6.85. The Morgan fingerprint density at radius 2 is 1.50 bits per heavy atom. The first-order valence-electron chi connectivity index (χ1n) is 6.98. The lowest BCUT2D eigenvalue weighted by atomic mass is 10.2. The van der Waals surface area contributed by atoms with E-state index in [1.807, 2.05) is 0 Å². The second kappa shape index (κ2) is 6.40. The Balaban J connectivity index is 1.76. The molecule has 0 fully saturated rings. The Kier molecular flexibility index (Phi) is 4.30. The second-order valence-corrected chi connectivity index (χ2v) is 6.91. The lowest BCUT2D eigenvalue weighted by Gasteiger charge is -2.05. The van der Waals surface area contributed by atoms with Gasteiger partial charge in [-0.1, -0.05) is 12.1 Å². The van der Waals surface area contributed by atoms with Crippen molar-refractivity contribution in [2.24, 2.45) is 0 Å². The maximum atomic E-state index is 12.9. The standard InChI is InChI=1S/C16H13F2N3O2S/c17-13-3-1-12(2-4-13)11-24(22,23)21-10-9-16(20-21)19-15-7-5-14(18)6-8-15/h1-10H,11H2,(H,19,20). The normalized spacial score (nSPS) is 11.4. The molecule has 0 aliphatic heterocycles. The van der Waals surface area contributed by atoms with E-state index in [-0.39, 0.29) is 11.6 Å². The third kappa shape index (κ3) is 3.77. The van der Waals surface area contributed by atoms with E-state index in [0.717, 1.165) is 4.09 Å². The molecule has 0 saturated carbocycles. The Labute approximate surface area is 137 Å². The van der Waals surface area contributed by atoms with E-state index in [4.69, 9.17) is 0 Å². The Hall–Kier alpha value is -2.74. The average Bonchev–Trinajstić information content (AvgIpc) is 3.01. The lowest BCUT2D eigenvalue weighted by molar-refractivity contribution is 0.579. The summed E-state index contributed by atoms with van der Waals surface area (Å²) in [6.07, 6.45) is 1.31. The maximum Gasteiger partial charge on any atom is 0.258 e. The highest BCUT2D eigenvalue weighted by Gasteiger charge is 2.16. The number of aromatic nitrogens is 2. The molecule has 3 rings (SSSR count). The molecule has 0 amide bonds. The van der Waals surface area contributed by atoms with Crippen LogP contribution in [0.4, 0.5) is 20.3 Å². The average molecular weight is 349 g/mol. The predicted octanol–water partition coefficient (Wildman–Crippen LogP) is 3.28. The van der Waals surface area contributed by atoms with Gasteiger partial charge < -0.3 is 5.32 Å². The SMILES string of the molecule is O=S(=O)(Cc1ccc(F)cc1)n1ccc(Nc2ccc(F)cc2)n1.